The highest BCUT2D eigenvalue weighted by Gasteiger charge is 2.30. The lowest BCUT2D eigenvalue weighted by molar-refractivity contribution is 0.0710. The molecule has 2 aliphatic rings. The summed E-state index contributed by atoms with van der Waals surface area (Å²) in [6, 6.07) is 0. The van der Waals surface area contributed by atoms with Gasteiger partial charge in [-0.25, -0.2) is 0 Å². The summed E-state index contributed by atoms with van der Waals surface area (Å²) in [6.45, 7) is 6.35. The summed E-state index contributed by atoms with van der Waals surface area (Å²) in [5.41, 5.74) is 0. The molecule has 0 unspecified atom stereocenters. The summed E-state index contributed by atoms with van der Waals surface area (Å²) in [5, 5.41) is 0. The molecule has 0 heterocycles. The van der Waals surface area contributed by atoms with Crippen molar-refractivity contribution in [3.63, 3.8) is 0 Å². The smallest absolute Gasteiger partial charge is 0.0494 e. The maximum atomic E-state index is 5.61. The molecule has 0 N–H and O–H groups in total. The third-order valence-corrected chi connectivity index (χ3v) is 5.97. The molecule has 0 atom stereocenters. The van der Waals surface area contributed by atoms with Crippen LogP contribution in [0, 0.1) is 23.7 Å². The molecule has 0 amide bonds. The van der Waals surface area contributed by atoms with Gasteiger partial charge in [-0.05, 0) is 69.1 Å². The lowest BCUT2D eigenvalue weighted by Gasteiger charge is -2.37. The highest BCUT2D eigenvalue weighted by molar-refractivity contribution is 4.82. The summed E-state index contributed by atoms with van der Waals surface area (Å²) in [6.07, 6.45) is 16.3. The topological polar surface area (TPSA) is 9.23 Å². The highest BCUT2D eigenvalue weighted by atomic mass is 16.5. The van der Waals surface area contributed by atoms with E-state index in [-0.39, 0.29) is 0 Å². The molecule has 0 radical (unpaired) electrons. The van der Waals surface area contributed by atoms with Crippen molar-refractivity contribution in [2.24, 2.45) is 23.7 Å². The van der Waals surface area contributed by atoms with E-state index in [1.165, 1.54) is 70.6 Å². The predicted molar refractivity (Wildman–Crippen MR) is 86.9 cm³/mol. The summed E-state index contributed by atoms with van der Waals surface area (Å²) in [7, 11) is 0. The van der Waals surface area contributed by atoms with E-state index in [0.717, 1.165) is 36.9 Å². The van der Waals surface area contributed by atoms with E-state index in [1.807, 2.05) is 0 Å². The van der Waals surface area contributed by atoms with Gasteiger partial charge in [0.1, 0.15) is 0 Å². The molecule has 1 nitrogen and oxygen atoms in total. The number of hydrogen-bond donors (Lipinski definition) is 0. The second-order valence-corrected chi connectivity index (χ2v) is 7.36. The largest absolute Gasteiger partial charge is 0.381 e. The van der Waals surface area contributed by atoms with Crippen LogP contribution in [0.15, 0.2) is 0 Å². The number of ether oxygens (including phenoxy) is 1. The van der Waals surface area contributed by atoms with Crippen LogP contribution in [-0.2, 0) is 4.74 Å². The summed E-state index contributed by atoms with van der Waals surface area (Å²) >= 11 is 0. The minimum absolute atomic E-state index is 0.868. The Hall–Kier alpha value is -0.0400. The molecule has 20 heavy (non-hydrogen) atoms. The second kappa shape index (κ2) is 9.07. The molecular weight excluding hydrogens is 244 g/mol. The van der Waals surface area contributed by atoms with Gasteiger partial charge in [0.05, 0.1) is 0 Å². The first-order valence-electron chi connectivity index (χ1n) is 9.41. The summed E-state index contributed by atoms with van der Waals surface area (Å²) in [4.78, 5) is 0. The molecule has 1 heteroatoms. The number of rotatable bonds is 7. The van der Waals surface area contributed by atoms with Crippen LogP contribution in [-0.4, -0.2) is 13.2 Å². The SMILES string of the molecule is CCCC[C@H]1CC[C@H]([C@H]2CC[C@H](COCC)CC2)CC1. The highest BCUT2D eigenvalue weighted by Crippen LogP contribution is 2.42. The molecule has 2 aliphatic carbocycles. The maximum Gasteiger partial charge on any atom is 0.0494 e. The summed E-state index contributed by atoms with van der Waals surface area (Å²) in [5.74, 6) is 4.06. The van der Waals surface area contributed by atoms with Crippen LogP contribution >= 0.6 is 0 Å². The fourth-order valence-electron chi connectivity index (χ4n) is 4.55. The fourth-order valence-corrected chi connectivity index (χ4v) is 4.55. The van der Waals surface area contributed by atoms with Gasteiger partial charge in [-0.1, -0.05) is 39.0 Å². The normalized spacial score (nSPS) is 35.1. The Bertz CT molecular complexity index is 208. The van der Waals surface area contributed by atoms with Crippen molar-refractivity contribution in [2.45, 2.75) is 84.5 Å². The van der Waals surface area contributed by atoms with Gasteiger partial charge >= 0.3 is 0 Å². The van der Waals surface area contributed by atoms with Crippen LogP contribution in [0.4, 0.5) is 0 Å². The van der Waals surface area contributed by atoms with Crippen LogP contribution < -0.4 is 0 Å². The van der Waals surface area contributed by atoms with Gasteiger partial charge in [0.15, 0.2) is 0 Å². The Morgan fingerprint density at radius 3 is 1.80 bits per heavy atom. The van der Waals surface area contributed by atoms with E-state index in [1.54, 1.807) is 0 Å². The monoisotopic (exact) mass is 280 g/mol. The Balaban J connectivity index is 1.63. The Morgan fingerprint density at radius 2 is 1.30 bits per heavy atom. The molecule has 2 saturated carbocycles. The van der Waals surface area contributed by atoms with Crippen molar-refractivity contribution < 1.29 is 4.74 Å². The molecule has 0 bridgehead atoms. The van der Waals surface area contributed by atoms with Crippen molar-refractivity contribution in [3.8, 4) is 0 Å². The van der Waals surface area contributed by atoms with Crippen molar-refractivity contribution in [1.29, 1.82) is 0 Å². The zero-order valence-corrected chi connectivity index (χ0v) is 13.9. The van der Waals surface area contributed by atoms with E-state index < -0.39 is 0 Å². The van der Waals surface area contributed by atoms with Crippen LogP contribution in [0.3, 0.4) is 0 Å². The molecule has 2 rings (SSSR count). The van der Waals surface area contributed by atoms with E-state index in [0.29, 0.717) is 0 Å². The first kappa shape index (κ1) is 16.3. The quantitative estimate of drug-likeness (QED) is 0.570. The van der Waals surface area contributed by atoms with Crippen molar-refractivity contribution in [3.05, 3.63) is 0 Å². The molecule has 0 spiro atoms. The van der Waals surface area contributed by atoms with E-state index in [2.05, 4.69) is 13.8 Å². The lowest BCUT2D eigenvalue weighted by atomic mass is 9.69. The van der Waals surface area contributed by atoms with Gasteiger partial charge in [-0.3, -0.25) is 0 Å². The first-order chi connectivity index (χ1) is 9.83. The van der Waals surface area contributed by atoms with Crippen molar-refractivity contribution >= 4 is 0 Å². The average molecular weight is 280 g/mol. The van der Waals surface area contributed by atoms with Crippen LogP contribution in [0.1, 0.15) is 84.5 Å². The Labute approximate surface area is 126 Å². The second-order valence-electron chi connectivity index (χ2n) is 7.36. The van der Waals surface area contributed by atoms with Crippen molar-refractivity contribution in [1.82, 2.24) is 0 Å². The molecule has 0 saturated heterocycles. The number of unbranched alkanes of at least 4 members (excludes halogenated alkanes) is 1. The average Bonchev–Trinajstić information content (AvgIpc) is 2.52. The van der Waals surface area contributed by atoms with Gasteiger partial charge in [-0.2, -0.15) is 0 Å². The molecule has 118 valence electrons. The molecule has 2 fully saturated rings. The maximum absolute atomic E-state index is 5.61. The van der Waals surface area contributed by atoms with Gasteiger partial charge in [-0.15, -0.1) is 0 Å². The Morgan fingerprint density at radius 1 is 0.750 bits per heavy atom. The molecule has 0 aliphatic heterocycles. The van der Waals surface area contributed by atoms with Gasteiger partial charge in [0.2, 0.25) is 0 Å². The molecule has 0 aromatic carbocycles. The van der Waals surface area contributed by atoms with Gasteiger partial charge < -0.3 is 4.74 Å². The zero-order valence-electron chi connectivity index (χ0n) is 13.9. The van der Waals surface area contributed by atoms with Gasteiger partial charge in [0.25, 0.3) is 0 Å². The molecule has 0 aromatic rings. The van der Waals surface area contributed by atoms with Crippen molar-refractivity contribution in [2.75, 3.05) is 13.2 Å². The van der Waals surface area contributed by atoms with E-state index >= 15 is 0 Å². The first-order valence-corrected chi connectivity index (χ1v) is 9.41. The minimum Gasteiger partial charge on any atom is -0.381 e. The fraction of sp³-hybridized carbons (Fsp3) is 1.00. The third kappa shape index (κ3) is 5.06. The lowest BCUT2D eigenvalue weighted by Crippen LogP contribution is -2.27. The van der Waals surface area contributed by atoms with Crippen LogP contribution in [0.2, 0.25) is 0 Å². The summed E-state index contributed by atoms with van der Waals surface area (Å²) < 4.78 is 5.61. The third-order valence-electron chi connectivity index (χ3n) is 5.97. The molecular formula is C19H36O. The van der Waals surface area contributed by atoms with Gasteiger partial charge in [0, 0.05) is 13.2 Å². The predicted octanol–water partition coefficient (Wildman–Crippen LogP) is 5.83. The number of hydrogen-bond acceptors (Lipinski definition) is 1. The minimum atomic E-state index is 0.868. The van der Waals surface area contributed by atoms with Crippen LogP contribution in [0.5, 0.6) is 0 Å². The molecule has 0 aromatic heterocycles. The standard InChI is InChI=1S/C19H36O/c1-3-5-6-16-7-11-18(12-8-16)19-13-9-17(10-14-19)15-20-4-2/h16-19H,3-15H2,1-2H3/t16-,17-,18-,19-. The Kier molecular flexibility index (Phi) is 7.41. The van der Waals surface area contributed by atoms with E-state index in [4.69, 9.17) is 4.74 Å². The van der Waals surface area contributed by atoms with E-state index in [9.17, 15) is 0 Å². The van der Waals surface area contributed by atoms with Crippen LogP contribution in [0.25, 0.3) is 0 Å². The zero-order chi connectivity index (χ0) is 14.2.